The van der Waals surface area contributed by atoms with Crippen LogP contribution in [-0.2, 0) is 27.2 Å². The molecule has 0 saturated heterocycles. The van der Waals surface area contributed by atoms with Gasteiger partial charge in [0.25, 0.3) is 0 Å². The van der Waals surface area contributed by atoms with Gasteiger partial charge >= 0.3 is 11.9 Å². The molecule has 2 aromatic carbocycles. The maximum atomic E-state index is 12.7. The van der Waals surface area contributed by atoms with Crippen molar-refractivity contribution in [2.45, 2.75) is 19.8 Å². The van der Waals surface area contributed by atoms with E-state index in [2.05, 4.69) is 9.97 Å². The highest BCUT2D eigenvalue weighted by atomic mass is 35.5. The van der Waals surface area contributed by atoms with Gasteiger partial charge in [0.1, 0.15) is 11.4 Å². The first-order valence-electron chi connectivity index (χ1n) is 15.2. The first-order chi connectivity index (χ1) is 24.1. The second-order valence-corrected chi connectivity index (χ2v) is 13.6. The summed E-state index contributed by atoms with van der Waals surface area (Å²) in [5.74, 6) is -1.65. The van der Waals surface area contributed by atoms with Crippen LogP contribution >= 0.6 is 45.9 Å². The topological polar surface area (TPSA) is 124 Å². The van der Waals surface area contributed by atoms with Gasteiger partial charge in [-0.3, -0.25) is 29.1 Å². The molecule has 0 bridgehead atoms. The first kappa shape index (κ1) is 36.3. The molecule has 0 aliphatic rings. The van der Waals surface area contributed by atoms with Gasteiger partial charge in [-0.25, -0.2) is 0 Å². The van der Waals surface area contributed by atoms with E-state index in [9.17, 15) is 19.2 Å². The Bertz CT molecular complexity index is 2110. The zero-order valence-corrected chi connectivity index (χ0v) is 29.6. The summed E-state index contributed by atoms with van der Waals surface area (Å²) in [5.41, 5.74) is 3.81. The maximum Gasteiger partial charge on any atom is 0.310 e. The predicted octanol–water partition coefficient (Wildman–Crippen LogP) is 9.12. The molecule has 50 heavy (non-hydrogen) atoms. The van der Waals surface area contributed by atoms with Crippen molar-refractivity contribution >= 4 is 69.4 Å². The summed E-state index contributed by atoms with van der Waals surface area (Å²) >= 11 is 14.5. The molecular formula is C38H28Cl2N2O6S2. The molecule has 0 atom stereocenters. The van der Waals surface area contributed by atoms with Gasteiger partial charge < -0.3 is 9.84 Å². The van der Waals surface area contributed by atoms with Gasteiger partial charge in [0.15, 0.2) is 0 Å². The fraction of sp³-hybridized carbons (Fsp3) is 0.105. The minimum atomic E-state index is -0.945. The lowest BCUT2D eigenvalue weighted by atomic mass is 10.1. The number of carbonyl (C=O) groups is 4. The van der Waals surface area contributed by atoms with E-state index in [0.29, 0.717) is 43.4 Å². The van der Waals surface area contributed by atoms with Crippen molar-refractivity contribution in [2.75, 3.05) is 6.61 Å². The van der Waals surface area contributed by atoms with Gasteiger partial charge in [-0.05, 0) is 89.8 Å². The molecule has 0 spiro atoms. The van der Waals surface area contributed by atoms with E-state index in [1.165, 1.54) is 22.7 Å². The molecule has 12 heteroatoms. The van der Waals surface area contributed by atoms with Crippen LogP contribution in [-0.4, -0.2) is 45.2 Å². The summed E-state index contributed by atoms with van der Waals surface area (Å²) in [5, 5.41) is 10.4. The van der Waals surface area contributed by atoms with Gasteiger partial charge in [0.2, 0.25) is 11.6 Å². The van der Waals surface area contributed by atoms with E-state index in [-0.39, 0.29) is 30.4 Å². The number of hydrogen-bond donors (Lipinski definition) is 1. The zero-order valence-electron chi connectivity index (χ0n) is 26.5. The van der Waals surface area contributed by atoms with Crippen LogP contribution in [0.25, 0.3) is 20.9 Å². The van der Waals surface area contributed by atoms with Crippen molar-refractivity contribution in [2.24, 2.45) is 0 Å². The average molecular weight is 744 g/mol. The molecule has 1 N–H and O–H groups in total. The van der Waals surface area contributed by atoms with Crippen LogP contribution in [0.15, 0.2) is 109 Å². The van der Waals surface area contributed by atoms with Crippen molar-refractivity contribution in [3.63, 3.8) is 0 Å². The van der Waals surface area contributed by atoms with Crippen LogP contribution in [0.5, 0.6) is 0 Å². The molecule has 0 unspecified atom stereocenters. The Hall–Kier alpha value is -5.00. The fourth-order valence-corrected chi connectivity index (χ4v) is 7.33. The molecule has 0 fully saturated rings. The number of ether oxygens (including phenoxy) is 1. The number of nitrogens with zero attached hydrogens (tertiary/aromatic N) is 2. The standard InChI is InChI=1S/C20H16ClNO3S.C18H12ClNO3S/c1-2-25-18(23)12-14-11-17(19(24)16-5-3-4-10-22-16)26-20(14)13-6-8-15(21)9-7-13;19-13-6-4-11(5-7-13)18-12(10-16(21)22)9-15(24-18)17(23)14-3-1-2-8-20-14/h3-11H,2,12H2,1H3;1-9H,10H2,(H,21,22). The summed E-state index contributed by atoms with van der Waals surface area (Å²) in [6.07, 6.45) is 3.10. The molecular weight excluding hydrogens is 715 g/mol. The minimum absolute atomic E-state index is 0.109. The molecule has 252 valence electrons. The second-order valence-electron chi connectivity index (χ2n) is 10.6. The predicted molar refractivity (Wildman–Crippen MR) is 197 cm³/mol. The average Bonchev–Trinajstić information content (AvgIpc) is 3.73. The van der Waals surface area contributed by atoms with Crippen LogP contribution in [0.4, 0.5) is 0 Å². The quantitative estimate of drug-likeness (QED) is 0.103. The molecule has 4 aromatic heterocycles. The second kappa shape index (κ2) is 17.1. The van der Waals surface area contributed by atoms with E-state index in [4.69, 9.17) is 33.0 Å². The van der Waals surface area contributed by atoms with Crippen molar-refractivity contribution in [1.82, 2.24) is 9.97 Å². The number of carboxylic acids is 1. The number of rotatable bonds is 11. The summed E-state index contributed by atoms with van der Waals surface area (Å²) < 4.78 is 5.06. The Kier molecular flexibility index (Phi) is 12.4. The monoisotopic (exact) mass is 742 g/mol. The Morgan fingerprint density at radius 3 is 1.48 bits per heavy atom. The molecule has 0 aliphatic carbocycles. The minimum Gasteiger partial charge on any atom is -0.481 e. The summed E-state index contributed by atoms with van der Waals surface area (Å²) in [7, 11) is 0. The summed E-state index contributed by atoms with van der Waals surface area (Å²) in [6.45, 7) is 2.08. The number of aromatic nitrogens is 2. The SMILES string of the molecule is CCOC(=O)Cc1cc(C(=O)c2ccccn2)sc1-c1ccc(Cl)cc1.O=C(O)Cc1cc(C(=O)c2ccccn2)sc1-c1ccc(Cl)cc1. The third-order valence-electron chi connectivity index (χ3n) is 7.06. The molecule has 6 rings (SSSR count). The van der Waals surface area contributed by atoms with Crippen molar-refractivity contribution < 1.29 is 29.0 Å². The van der Waals surface area contributed by atoms with Crippen LogP contribution in [0.3, 0.4) is 0 Å². The number of carbonyl (C=O) groups excluding carboxylic acids is 3. The maximum absolute atomic E-state index is 12.7. The normalized spacial score (nSPS) is 10.5. The highest BCUT2D eigenvalue weighted by molar-refractivity contribution is 7.18. The van der Waals surface area contributed by atoms with Gasteiger partial charge in [0, 0.05) is 32.2 Å². The highest BCUT2D eigenvalue weighted by Gasteiger charge is 2.21. The number of aliphatic carboxylic acids is 1. The van der Waals surface area contributed by atoms with Crippen molar-refractivity contribution in [3.05, 3.63) is 152 Å². The van der Waals surface area contributed by atoms with Crippen LogP contribution in [0, 0.1) is 0 Å². The number of hydrogen-bond acceptors (Lipinski definition) is 9. The molecule has 6 aromatic rings. The largest absolute Gasteiger partial charge is 0.481 e. The molecule has 4 heterocycles. The third-order valence-corrected chi connectivity index (χ3v) is 10.0. The fourth-order valence-electron chi connectivity index (χ4n) is 4.81. The van der Waals surface area contributed by atoms with E-state index in [1.54, 1.807) is 92.1 Å². The Morgan fingerprint density at radius 1 is 0.660 bits per heavy atom. The highest BCUT2D eigenvalue weighted by Crippen LogP contribution is 2.36. The number of halogens is 2. The third kappa shape index (κ3) is 9.36. The van der Waals surface area contributed by atoms with Gasteiger partial charge in [-0.2, -0.15) is 0 Å². The molecule has 0 amide bonds. The van der Waals surface area contributed by atoms with Crippen LogP contribution in [0.1, 0.15) is 48.8 Å². The summed E-state index contributed by atoms with van der Waals surface area (Å²) in [4.78, 5) is 59.2. The first-order valence-corrected chi connectivity index (χ1v) is 17.6. The lowest BCUT2D eigenvalue weighted by Crippen LogP contribution is -2.07. The van der Waals surface area contributed by atoms with Gasteiger partial charge in [-0.1, -0.05) is 59.6 Å². The lowest BCUT2D eigenvalue weighted by molar-refractivity contribution is -0.142. The smallest absolute Gasteiger partial charge is 0.310 e. The number of esters is 1. The van der Waals surface area contributed by atoms with E-state index in [0.717, 1.165) is 26.4 Å². The van der Waals surface area contributed by atoms with Gasteiger partial charge in [-0.15, -0.1) is 22.7 Å². The molecule has 8 nitrogen and oxygen atoms in total. The van der Waals surface area contributed by atoms with Crippen LogP contribution in [0.2, 0.25) is 10.0 Å². The number of thiophene rings is 2. The summed E-state index contributed by atoms with van der Waals surface area (Å²) in [6, 6.07) is 28.1. The molecule has 0 radical (unpaired) electrons. The Morgan fingerprint density at radius 2 is 1.10 bits per heavy atom. The number of pyridine rings is 2. The van der Waals surface area contributed by atoms with Crippen molar-refractivity contribution in [1.29, 1.82) is 0 Å². The molecule has 0 saturated carbocycles. The van der Waals surface area contributed by atoms with E-state index >= 15 is 0 Å². The number of carboxylic acid groups (broad SMARTS) is 1. The van der Waals surface area contributed by atoms with Crippen molar-refractivity contribution in [3.8, 4) is 20.9 Å². The van der Waals surface area contributed by atoms with Crippen LogP contribution < -0.4 is 0 Å². The van der Waals surface area contributed by atoms with E-state index < -0.39 is 5.97 Å². The number of benzene rings is 2. The van der Waals surface area contributed by atoms with E-state index in [1.807, 2.05) is 24.3 Å². The molecule has 0 aliphatic heterocycles. The Labute approximate surface area is 306 Å². The van der Waals surface area contributed by atoms with Gasteiger partial charge in [0.05, 0.1) is 29.2 Å². The lowest BCUT2D eigenvalue weighted by Gasteiger charge is -2.04. The zero-order chi connectivity index (χ0) is 35.6. The Balaban J connectivity index is 0.000000195. The number of ketones is 2.